The maximum Gasteiger partial charge on any atom is 0.257 e. The van der Waals surface area contributed by atoms with Gasteiger partial charge in [0, 0.05) is 12.0 Å². The van der Waals surface area contributed by atoms with Crippen molar-refractivity contribution in [2.24, 2.45) is 0 Å². The summed E-state index contributed by atoms with van der Waals surface area (Å²) >= 11 is 5.02. The third kappa shape index (κ3) is 4.71. The van der Waals surface area contributed by atoms with Gasteiger partial charge >= 0.3 is 0 Å². The van der Waals surface area contributed by atoms with Gasteiger partial charge in [-0.15, -0.1) is 21.5 Å². The topological polar surface area (TPSA) is 51.0 Å². The van der Waals surface area contributed by atoms with Gasteiger partial charge in [-0.1, -0.05) is 0 Å². The molecule has 0 fully saturated rings. The minimum Gasteiger partial charge on any atom is -0.420 e. The van der Waals surface area contributed by atoms with E-state index < -0.39 is 0 Å². The molecule has 0 spiro atoms. The Morgan fingerprint density at radius 1 is 1.32 bits per heavy atom. The van der Waals surface area contributed by atoms with Crippen LogP contribution in [0.25, 0.3) is 10.8 Å². The summed E-state index contributed by atoms with van der Waals surface area (Å²) in [6, 6.07) is 3.96. The minimum atomic E-state index is 0.156. The fourth-order valence-corrected chi connectivity index (χ4v) is 2.89. The second kappa shape index (κ2) is 6.15. The van der Waals surface area contributed by atoms with E-state index in [1.54, 1.807) is 11.3 Å². The average Bonchev–Trinajstić information content (AvgIpc) is 2.92. The van der Waals surface area contributed by atoms with E-state index in [-0.39, 0.29) is 5.54 Å². The standard InChI is InChI=1S/C13H18BrN3OS/c1-13(2,3)15-8-4-5-11-16-17-12(18-11)9-6-7-10(14)19-9/h6-7,15H,4-5,8H2,1-3H3. The third-order valence-electron chi connectivity index (χ3n) is 2.47. The van der Waals surface area contributed by atoms with Gasteiger partial charge in [0.1, 0.15) is 0 Å². The van der Waals surface area contributed by atoms with Gasteiger partial charge in [-0.25, -0.2) is 0 Å². The smallest absolute Gasteiger partial charge is 0.257 e. The molecule has 0 aliphatic rings. The summed E-state index contributed by atoms with van der Waals surface area (Å²) in [4.78, 5) is 0.999. The molecule has 2 heterocycles. The monoisotopic (exact) mass is 343 g/mol. The molecule has 2 aromatic heterocycles. The Balaban J connectivity index is 1.85. The number of aryl methyl sites for hydroxylation is 1. The molecule has 0 saturated heterocycles. The second-order valence-electron chi connectivity index (χ2n) is 5.39. The molecule has 19 heavy (non-hydrogen) atoms. The number of hydrogen-bond donors (Lipinski definition) is 1. The Morgan fingerprint density at radius 3 is 2.74 bits per heavy atom. The van der Waals surface area contributed by atoms with E-state index in [2.05, 4.69) is 52.2 Å². The van der Waals surface area contributed by atoms with Crippen LogP contribution in [0.3, 0.4) is 0 Å². The Labute approximate surface area is 125 Å². The molecule has 0 aliphatic carbocycles. The van der Waals surface area contributed by atoms with E-state index >= 15 is 0 Å². The van der Waals surface area contributed by atoms with Crippen molar-refractivity contribution in [1.82, 2.24) is 15.5 Å². The van der Waals surface area contributed by atoms with Crippen LogP contribution >= 0.6 is 27.3 Å². The second-order valence-corrected chi connectivity index (χ2v) is 7.85. The van der Waals surface area contributed by atoms with Crippen LogP contribution in [0.15, 0.2) is 20.3 Å². The van der Waals surface area contributed by atoms with Crippen LogP contribution in [-0.4, -0.2) is 22.3 Å². The fraction of sp³-hybridized carbons (Fsp3) is 0.538. The first-order valence-corrected chi connectivity index (χ1v) is 7.88. The largest absolute Gasteiger partial charge is 0.420 e. The molecule has 0 saturated carbocycles. The first kappa shape index (κ1) is 14.7. The van der Waals surface area contributed by atoms with Crippen molar-refractivity contribution in [1.29, 1.82) is 0 Å². The van der Waals surface area contributed by atoms with E-state index in [1.165, 1.54) is 0 Å². The number of hydrogen-bond acceptors (Lipinski definition) is 5. The first-order chi connectivity index (χ1) is 8.94. The summed E-state index contributed by atoms with van der Waals surface area (Å²) in [6.45, 7) is 7.43. The van der Waals surface area contributed by atoms with Gasteiger partial charge in [-0.3, -0.25) is 0 Å². The highest BCUT2D eigenvalue weighted by atomic mass is 79.9. The zero-order valence-electron chi connectivity index (χ0n) is 11.4. The molecular formula is C13H18BrN3OS. The maximum atomic E-state index is 5.65. The van der Waals surface area contributed by atoms with Crippen LogP contribution in [0, 0.1) is 0 Å². The van der Waals surface area contributed by atoms with Crippen molar-refractivity contribution in [2.45, 2.75) is 39.2 Å². The minimum absolute atomic E-state index is 0.156. The number of halogens is 1. The molecular weight excluding hydrogens is 326 g/mol. The Bertz CT molecular complexity index is 530. The van der Waals surface area contributed by atoms with Crippen LogP contribution in [0.2, 0.25) is 0 Å². The summed E-state index contributed by atoms with van der Waals surface area (Å²) < 4.78 is 6.72. The van der Waals surface area contributed by atoms with Gasteiger partial charge in [0.2, 0.25) is 5.89 Å². The van der Waals surface area contributed by atoms with Gasteiger partial charge in [0.05, 0.1) is 8.66 Å². The molecule has 0 aromatic carbocycles. The van der Waals surface area contributed by atoms with E-state index in [4.69, 9.17) is 4.42 Å². The highest BCUT2D eigenvalue weighted by Crippen LogP contribution is 2.30. The highest BCUT2D eigenvalue weighted by molar-refractivity contribution is 9.11. The molecule has 0 aliphatic heterocycles. The van der Waals surface area contributed by atoms with Crippen molar-refractivity contribution in [3.63, 3.8) is 0 Å². The summed E-state index contributed by atoms with van der Waals surface area (Å²) in [7, 11) is 0. The van der Waals surface area contributed by atoms with E-state index in [9.17, 15) is 0 Å². The van der Waals surface area contributed by atoms with Crippen LogP contribution in [-0.2, 0) is 6.42 Å². The summed E-state index contributed by atoms with van der Waals surface area (Å²) in [5.41, 5.74) is 0.156. The predicted octanol–water partition coefficient (Wildman–Crippen LogP) is 3.88. The number of nitrogens with zero attached hydrogens (tertiary/aromatic N) is 2. The van der Waals surface area contributed by atoms with Crippen molar-refractivity contribution in [3.05, 3.63) is 21.8 Å². The third-order valence-corrected chi connectivity index (χ3v) is 4.09. The SMILES string of the molecule is CC(C)(C)NCCCc1nnc(-c2ccc(Br)s2)o1. The summed E-state index contributed by atoms with van der Waals surface area (Å²) in [5.74, 6) is 1.31. The maximum absolute atomic E-state index is 5.65. The lowest BCUT2D eigenvalue weighted by Gasteiger charge is -2.19. The van der Waals surface area contributed by atoms with E-state index in [1.807, 2.05) is 12.1 Å². The van der Waals surface area contributed by atoms with Crippen molar-refractivity contribution >= 4 is 27.3 Å². The van der Waals surface area contributed by atoms with Crippen LogP contribution in [0.5, 0.6) is 0 Å². The normalized spacial score (nSPS) is 12.0. The fourth-order valence-electron chi connectivity index (χ4n) is 1.59. The molecule has 0 unspecified atom stereocenters. The van der Waals surface area contributed by atoms with E-state index in [0.717, 1.165) is 28.0 Å². The predicted molar refractivity (Wildman–Crippen MR) is 81.4 cm³/mol. The molecule has 2 aromatic rings. The molecule has 104 valence electrons. The average molecular weight is 344 g/mol. The lowest BCUT2D eigenvalue weighted by molar-refractivity contribution is 0.413. The molecule has 0 atom stereocenters. The number of rotatable bonds is 5. The van der Waals surface area contributed by atoms with Crippen molar-refractivity contribution in [2.75, 3.05) is 6.54 Å². The number of nitrogens with one attached hydrogen (secondary N) is 1. The zero-order valence-corrected chi connectivity index (χ0v) is 13.8. The summed E-state index contributed by atoms with van der Waals surface area (Å²) in [5, 5.41) is 11.6. The van der Waals surface area contributed by atoms with Crippen LogP contribution in [0.1, 0.15) is 33.1 Å². The van der Waals surface area contributed by atoms with Gasteiger partial charge in [0.15, 0.2) is 0 Å². The molecule has 1 N–H and O–H groups in total. The van der Waals surface area contributed by atoms with Gasteiger partial charge in [0.25, 0.3) is 5.89 Å². The Morgan fingerprint density at radius 2 is 2.11 bits per heavy atom. The molecule has 6 heteroatoms. The molecule has 0 bridgehead atoms. The van der Waals surface area contributed by atoms with Gasteiger partial charge < -0.3 is 9.73 Å². The van der Waals surface area contributed by atoms with Crippen molar-refractivity contribution < 1.29 is 4.42 Å². The van der Waals surface area contributed by atoms with E-state index in [0.29, 0.717) is 11.8 Å². The first-order valence-electron chi connectivity index (χ1n) is 6.27. The number of thiophene rings is 1. The van der Waals surface area contributed by atoms with Gasteiger partial charge in [-0.2, -0.15) is 0 Å². The lowest BCUT2D eigenvalue weighted by atomic mass is 10.1. The molecule has 4 nitrogen and oxygen atoms in total. The zero-order chi connectivity index (χ0) is 13.9. The molecule has 0 radical (unpaired) electrons. The Kier molecular flexibility index (Phi) is 4.76. The number of aromatic nitrogens is 2. The van der Waals surface area contributed by atoms with Crippen LogP contribution < -0.4 is 5.32 Å². The quantitative estimate of drug-likeness (QED) is 0.837. The summed E-state index contributed by atoms with van der Waals surface area (Å²) in [6.07, 6.45) is 1.80. The lowest BCUT2D eigenvalue weighted by Crippen LogP contribution is -2.36. The molecule has 0 amide bonds. The van der Waals surface area contributed by atoms with Crippen LogP contribution in [0.4, 0.5) is 0 Å². The Hall–Kier alpha value is -0.720. The van der Waals surface area contributed by atoms with Gasteiger partial charge in [-0.05, 0) is 61.8 Å². The van der Waals surface area contributed by atoms with Crippen molar-refractivity contribution in [3.8, 4) is 10.8 Å². The highest BCUT2D eigenvalue weighted by Gasteiger charge is 2.11. The molecule has 2 rings (SSSR count).